The third-order valence-electron chi connectivity index (χ3n) is 3.84. The van der Waals surface area contributed by atoms with Gasteiger partial charge in [-0.2, -0.15) is 13.2 Å². The maximum Gasteiger partial charge on any atom is 0.416 e. The fourth-order valence-corrected chi connectivity index (χ4v) is 2.60. The minimum absolute atomic E-state index is 0.363. The summed E-state index contributed by atoms with van der Waals surface area (Å²) in [6.07, 6.45) is -3.23. The van der Waals surface area contributed by atoms with Gasteiger partial charge in [0.2, 0.25) is 0 Å². The van der Waals surface area contributed by atoms with Gasteiger partial charge in [0.1, 0.15) is 0 Å². The van der Waals surface area contributed by atoms with Gasteiger partial charge in [0.05, 0.1) is 5.56 Å². The lowest BCUT2D eigenvalue weighted by Crippen LogP contribution is -2.17. The van der Waals surface area contributed by atoms with Gasteiger partial charge in [-0.25, -0.2) is 0 Å². The summed E-state index contributed by atoms with van der Waals surface area (Å²) in [4.78, 5) is 0. The maximum atomic E-state index is 12.6. The quantitative estimate of drug-likeness (QED) is 0.883. The van der Waals surface area contributed by atoms with E-state index in [9.17, 15) is 13.2 Å². The predicted molar refractivity (Wildman–Crippen MR) is 75.9 cm³/mol. The zero-order valence-electron chi connectivity index (χ0n) is 11.4. The molecule has 4 heteroatoms. The predicted octanol–water partition coefficient (Wildman–Crippen LogP) is 4.35. The first kappa shape index (κ1) is 14.1. The van der Waals surface area contributed by atoms with Gasteiger partial charge in [-0.05, 0) is 23.6 Å². The van der Waals surface area contributed by atoms with E-state index < -0.39 is 11.7 Å². The Balaban J connectivity index is 1.58. The molecule has 0 bridgehead atoms. The molecule has 0 heterocycles. The minimum Gasteiger partial charge on any atom is -0.309 e. The summed E-state index contributed by atoms with van der Waals surface area (Å²) in [5.74, 6) is 0.483. The molecule has 1 N–H and O–H groups in total. The highest BCUT2D eigenvalue weighted by Gasteiger charge is 2.37. The van der Waals surface area contributed by atoms with Crippen LogP contribution in [0.5, 0.6) is 0 Å². The Hall–Kier alpha value is -1.81. The highest BCUT2D eigenvalue weighted by atomic mass is 19.4. The van der Waals surface area contributed by atoms with Crippen LogP contribution in [-0.4, -0.2) is 6.04 Å². The first-order valence-corrected chi connectivity index (χ1v) is 6.98. The second-order valence-electron chi connectivity index (χ2n) is 5.44. The Kier molecular flexibility index (Phi) is 3.72. The molecule has 0 saturated heterocycles. The molecule has 110 valence electrons. The number of rotatable bonds is 4. The molecule has 0 spiro atoms. The van der Waals surface area contributed by atoms with Gasteiger partial charge in [0.15, 0.2) is 0 Å². The molecule has 21 heavy (non-hydrogen) atoms. The van der Waals surface area contributed by atoms with Gasteiger partial charge in [-0.3, -0.25) is 0 Å². The van der Waals surface area contributed by atoms with E-state index in [1.165, 1.54) is 17.7 Å². The van der Waals surface area contributed by atoms with Crippen molar-refractivity contribution in [1.82, 2.24) is 5.32 Å². The lowest BCUT2D eigenvalue weighted by molar-refractivity contribution is -0.137. The van der Waals surface area contributed by atoms with Gasteiger partial charge in [0.25, 0.3) is 0 Å². The summed E-state index contributed by atoms with van der Waals surface area (Å²) in [7, 11) is 0. The second-order valence-corrected chi connectivity index (χ2v) is 5.44. The van der Waals surface area contributed by atoms with Crippen LogP contribution in [0.25, 0.3) is 0 Å². The fourth-order valence-electron chi connectivity index (χ4n) is 2.60. The van der Waals surface area contributed by atoms with Gasteiger partial charge >= 0.3 is 6.18 Å². The first-order chi connectivity index (χ1) is 10.0. The number of nitrogens with one attached hydrogen (secondary N) is 1. The van der Waals surface area contributed by atoms with E-state index in [-0.39, 0.29) is 0 Å². The average Bonchev–Trinajstić information content (AvgIpc) is 3.25. The standard InChI is InChI=1S/C17H16F3N/c18-17(19,20)14-8-4-5-12(9-14)11-21-16-10-15(16)13-6-2-1-3-7-13/h1-9,15-16,21H,10-11H2. The Morgan fingerprint density at radius 2 is 1.76 bits per heavy atom. The molecule has 1 aliphatic carbocycles. The van der Waals surface area contributed by atoms with E-state index in [0.717, 1.165) is 12.5 Å². The van der Waals surface area contributed by atoms with Crippen molar-refractivity contribution < 1.29 is 13.2 Å². The number of hydrogen-bond donors (Lipinski definition) is 1. The fraction of sp³-hybridized carbons (Fsp3) is 0.294. The molecule has 2 aromatic carbocycles. The summed E-state index contributed by atoms with van der Waals surface area (Å²) < 4.78 is 37.9. The normalized spacial score (nSPS) is 21.3. The Bertz CT molecular complexity index is 607. The van der Waals surface area contributed by atoms with Gasteiger partial charge < -0.3 is 5.32 Å². The van der Waals surface area contributed by atoms with Crippen LogP contribution in [0.15, 0.2) is 54.6 Å². The number of hydrogen-bond acceptors (Lipinski definition) is 1. The van der Waals surface area contributed by atoms with Crippen molar-refractivity contribution in [2.75, 3.05) is 0 Å². The lowest BCUT2D eigenvalue weighted by Gasteiger charge is -2.09. The maximum absolute atomic E-state index is 12.6. The molecule has 0 amide bonds. The van der Waals surface area contributed by atoms with Crippen LogP contribution in [0.2, 0.25) is 0 Å². The lowest BCUT2D eigenvalue weighted by atomic mass is 10.1. The topological polar surface area (TPSA) is 12.0 Å². The number of alkyl halides is 3. The summed E-state index contributed by atoms with van der Waals surface area (Å²) in [5, 5.41) is 3.33. The van der Waals surface area contributed by atoms with E-state index in [0.29, 0.717) is 24.1 Å². The molecule has 2 unspecified atom stereocenters. The summed E-state index contributed by atoms with van der Waals surface area (Å²) in [6, 6.07) is 16.1. The molecular weight excluding hydrogens is 275 g/mol. The SMILES string of the molecule is FC(F)(F)c1cccc(CNC2CC2c2ccccc2)c1. The summed E-state index contributed by atoms with van der Waals surface area (Å²) in [5.41, 5.74) is 1.37. The first-order valence-electron chi connectivity index (χ1n) is 6.98. The van der Waals surface area contributed by atoms with E-state index in [1.54, 1.807) is 6.07 Å². The average molecular weight is 291 g/mol. The molecular formula is C17H16F3N. The van der Waals surface area contributed by atoms with Crippen LogP contribution in [0.3, 0.4) is 0 Å². The van der Waals surface area contributed by atoms with Crippen LogP contribution in [0.1, 0.15) is 29.0 Å². The molecule has 0 aromatic heterocycles. The van der Waals surface area contributed by atoms with Crippen LogP contribution < -0.4 is 5.32 Å². The summed E-state index contributed by atoms with van der Waals surface area (Å²) >= 11 is 0. The van der Waals surface area contributed by atoms with Crippen molar-refractivity contribution in [3.8, 4) is 0 Å². The van der Waals surface area contributed by atoms with Crippen molar-refractivity contribution in [1.29, 1.82) is 0 Å². The smallest absolute Gasteiger partial charge is 0.309 e. The monoisotopic (exact) mass is 291 g/mol. The van der Waals surface area contributed by atoms with Crippen molar-refractivity contribution in [3.05, 3.63) is 71.3 Å². The second kappa shape index (κ2) is 5.53. The highest BCUT2D eigenvalue weighted by molar-refractivity contribution is 5.29. The Morgan fingerprint density at radius 3 is 2.48 bits per heavy atom. The molecule has 1 saturated carbocycles. The van der Waals surface area contributed by atoms with Gasteiger partial charge in [0, 0.05) is 18.5 Å². The number of halogens is 3. The molecule has 2 aromatic rings. The third kappa shape index (κ3) is 3.45. The van der Waals surface area contributed by atoms with Crippen molar-refractivity contribution in [3.63, 3.8) is 0 Å². The zero-order valence-corrected chi connectivity index (χ0v) is 11.4. The number of benzene rings is 2. The van der Waals surface area contributed by atoms with Crippen LogP contribution >= 0.6 is 0 Å². The van der Waals surface area contributed by atoms with Crippen LogP contribution in [0, 0.1) is 0 Å². The Morgan fingerprint density at radius 1 is 1.00 bits per heavy atom. The Labute approximate surface area is 121 Å². The molecule has 2 atom stereocenters. The zero-order chi connectivity index (χ0) is 14.9. The molecule has 3 rings (SSSR count). The third-order valence-corrected chi connectivity index (χ3v) is 3.84. The molecule has 0 radical (unpaired) electrons. The van der Waals surface area contributed by atoms with Crippen molar-refractivity contribution in [2.45, 2.75) is 31.1 Å². The van der Waals surface area contributed by atoms with E-state index in [4.69, 9.17) is 0 Å². The van der Waals surface area contributed by atoms with E-state index >= 15 is 0 Å². The highest BCUT2D eigenvalue weighted by Crippen LogP contribution is 2.40. The van der Waals surface area contributed by atoms with Crippen molar-refractivity contribution in [2.24, 2.45) is 0 Å². The van der Waals surface area contributed by atoms with Crippen LogP contribution in [-0.2, 0) is 12.7 Å². The largest absolute Gasteiger partial charge is 0.416 e. The minimum atomic E-state index is -4.28. The van der Waals surface area contributed by atoms with Crippen LogP contribution in [0.4, 0.5) is 13.2 Å². The van der Waals surface area contributed by atoms with Gasteiger partial charge in [-0.1, -0.05) is 48.5 Å². The van der Waals surface area contributed by atoms with E-state index in [1.807, 2.05) is 18.2 Å². The van der Waals surface area contributed by atoms with Crippen molar-refractivity contribution >= 4 is 0 Å². The molecule has 1 fully saturated rings. The molecule has 1 aliphatic rings. The van der Waals surface area contributed by atoms with Gasteiger partial charge in [-0.15, -0.1) is 0 Å². The molecule has 1 nitrogen and oxygen atoms in total. The molecule has 0 aliphatic heterocycles. The van der Waals surface area contributed by atoms with E-state index in [2.05, 4.69) is 17.4 Å². The summed E-state index contributed by atoms with van der Waals surface area (Å²) in [6.45, 7) is 0.470.